The fourth-order valence-electron chi connectivity index (χ4n) is 4.24. The minimum Gasteiger partial charge on any atom is -0.493 e. The van der Waals surface area contributed by atoms with Crippen LogP contribution in [0.15, 0.2) is 18.3 Å². The van der Waals surface area contributed by atoms with Crippen LogP contribution in [0.4, 0.5) is 0 Å². The number of aliphatic hydroxyl groups excluding tert-OH is 1. The quantitative estimate of drug-likeness (QED) is 0.505. The van der Waals surface area contributed by atoms with Crippen LogP contribution in [0.25, 0.3) is 11.3 Å². The number of hydrogen-bond donors (Lipinski definition) is 1. The van der Waals surface area contributed by atoms with Crippen molar-refractivity contribution >= 4 is 0 Å². The molecule has 5 heteroatoms. The number of nitrogens with zero attached hydrogens (tertiary/aromatic N) is 2. The van der Waals surface area contributed by atoms with Crippen molar-refractivity contribution in [3.63, 3.8) is 0 Å². The highest BCUT2D eigenvalue weighted by Crippen LogP contribution is 2.50. The Balaban J connectivity index is 2.03. The number of fused-ring (bicyclic) bond motifs is 3. The monoisotopic (exact) mass is 414 g/mol. The number of unbranched alkanes of at least 4 members (excludes halogenated alkanes) is 3. The Morgan fingerprint density at radius 1 is 1.17 bits per heavy atom. The van der Waals surface area contributed by atoms with E-state index in [0.717, 1.165) is 34.7 Å². The number of aliphatic hydroxyl groups is 1. The molecule has 0 unspecified atom stereocenters. The Bertz CT molecular complexity index is 868. The number of benzene rings is 1. The summed E-state index contributed by atoms with van der Waals surface area (Å²) in [7, 11) is 1.94. The van der Waals surface area contributed by atoms with E-state index in [2.05, 4.69) is 46.8 Å². The molecule has 1 aliphatic heterocycles. The van der Waals surface area contributed by atoms with Gasteiger partial charge < -0.3 is 14.6 Å². The standard InChI is InChI=1S/C25H38N2O3/c1-7-8-9-10-12-24(2,3)18-15-20(29-14-11-13-28)22-21(16-18)30-25(4,5)19-17-27(6)26-23(19)22/h15-17,28H,7-14H2,1-6H3. The zero-order valence-corrected chi connectivity index (χ0v) is 19.5. The lowest BCUT2D eigenvalue weighted by atomic mass is 9.78. The van der Waals surface area contributed by atoms with Gasteiger partial charge in [0.1, 0.15) is 22.8 Å². The summed E-state index contributed by atoms with van der Waals surface area (Å²) in [5, 5.41) is 14.0. The highest BCUT2D eigenvalue weighted by atomic mass is 16.5. The van der Waals surface area contributed by atoms with Crippen molar-refractivity contribution in [2.75, 3.05) is 13.2 Å². The van der Waals surface area contributed by atoms with Crippen molar-refractivity contribution in [1.82, 2.24) is 9.78 Å². The van der Waals surface area contributed by atoms with E-state index >= 15 is 0 Å². The second-order valence-electron chi connectivity index (χ2n) is 9.65. The highest BCUT2D eigenvalue weighted by molar-refractivity contribution is 5.79. The van der Waals surface area contributed by atoms with Gasteiger partial charge in [0, 0.05) is 31.8 Å². The zero-order valence-electron chi connectivity index (χ0n) is 19.5. The molecule has 1 aromatic carbocycles. The molecule has 2 heterocycles. The van der Waals surface area contributed by atoms with Crippen LogP contribution in [0.1, 0.15) is 84.3 Å². The van der Waals surface area contributed by atoms with Crippen LogP contribution < -0.4 is 9.47 Å². The first-order valence-corrected chi connectivity index (χ1v) is 11.4. The summed E-state index contributed by atoms with van der Waals surface area (Å²) in [6.45, 7) is 11.6. The molecule has 0 atom stereocenters. The van der Waals surface area contributed by atoms with Crippen LogP contribution in [0.2, 0.25) is 0 Å². The van der Waals surface area contributed by atoms with Crippen LogP contribution in [0.3, 0.4) is 0 Å². The Kier molecular flexibility index (Phi) is 6.81. The van der Waals surface area contributed by atoms with Gasteiger partial charge >= 0.3 is 0 Å². The minimum absolute atomic E-state index is 0.0236. The van der Waals surface area contributed by atoms with Crippen molar-refractivity contribution in [3.8, 4) is 22.8 Å². The normalized spacial score (nSPS) is 14.8. The topological polar surface area (TPSA) is 56.5 Å². The van der Waals surface area contributed by atoms with Crippen LogP contribution in [-0.2, 0) is 18.1 Å². The Morgan fingerprint density at radius 2 is 1.93 bits per heavy atom. The van der Waals surface area contributed by atoms with Gasteiger partial charge in [-0.25, -0.2) is 0 Å². The molecule has 0 amide bonds. The van der Waals surface area contributed by atoms with Gasteiger partial charge in [0.05, 0.1) is 12.2 Å². The van der Waals surface area contributed by atoms with Crippen molar-refractivity contribution < 1.29 is 14.6 Å². The van der Waals surface area contributed by atoms with Crippen molar-refractivity contribution in [2.24, 2.45) is 7.05 Å². The molecule has 1 aliphatic rings. The molecule has 0 radical (unpaired) electrons. The van der Waals surface area contributed by atoms with E-state index in [1.807, 2.05) is 17.9 Å². The molecule has 0 spiro atoms. The van der Waals surface area contributed by atoms with Crippen molar-refractivity contribution in [2.45, 2.75) is 84.2 Å². The Hall–Kier alpha value is -2.01. The first-order valence-electron chi connectivity index (χ1n) is 11.4. The SMILES string of the molecule is CCCCCCC(C)(C)c1cc(OCCCO)c2c(c1)OC(C)(C)c1cn(C)nc1-2. The first kappa shape index (κ1) is 22.7. The van der Waals surface area contributed by atoms with Gasteiger partial charge in [0.25, 0.3) is 0 Å². The largest absolute Gasteiger partial charge is 0.493 e. The van der Waals surface area contributed by atoms with Crippen molar-refractivity contribution in [1.29, 1.82) is 0 Å². The van der Waals surface area contributed by atoms with Gasteiger partial charge in [0.15, 0.2) is 0 Å². The molecular weight excluding hydrogens is 376 g/mol. The van der Waals surface area contributed by atoms with E-state index in [1.165, 1.54) is 31.2 Å². The van der Waals surface area contributed by atoms with E-state index in [4.69, 9.17) is 14.6 Å². The van der Waals surface area contributed by atoms with Gasteiger partial charge in [-0.2, -0.15) is 5.10 Å². The predicted molar refractivity (Wildman–Crippen MR) is 121 cm³/mol. The Morgan fingerprint density at radius 3 is 2.63 bits per heavy atom. The highest BCUT2D eigenvalue weighted by Gasteiger charge is 2.38. The van der Waals surface area contributed by atoms with E-state index in [-0.39, 0.29) is 12.0 Å². The predicted octanol–water partition coefficient (Wildman–Crippen LogP) is 5.72. The van der Waals surface area contributed by atoms with Crippen molar-refractivity contribution in [3.05, 3.63) is 29.5 Å². The maximum atomic E-state index is 9.22. The summed E-state index contributed by atoms with van der Waals surface area (Å²) in [4.78, 5) is 0. The van der Waals surface area contributed by atoms with Gasteiger partial charge in [-0.15, -0.1) is 0 Å². The Labute approximate surface area is 181 Å². The first-order chi connectivity index (χ1) is 14.2. The third-order valence-electron chi connectivity index (χ3n) is 6.14. The molecular formula is C25H38N2O3. The number of aryl methyl sites for hydroxylation is 1. The zero-order chi connectivity index (χ0) is 21.9. The second kappa shape index (κ2) is 9.01. The number of ether oxygens (including phenoxy) is 2. The van der Waals surface area contributed by atoms with E-state index < -0.39 is 5.60 Å². The second-order valence-corrected chi connectivity index (χ2v) is 9.65. The lowest BCUT2D eigenvalue weighted by molar-refractivity contribution is 0.104. The van der Waals surface area contributed by atoms with Crippen LogP contribution in [0, 0.1) is 0 Å². The fraction of sp³-hybridized carbons (Fsp3) is 0.640. The molecule has 1 N–H and O–H groups in total. The lowest BCUT2D eigenvalue weighted by Gasteiger charge is -2.35. The smallest absolute Gasteiger partial charge is 0.134 e. The lowest BCUT2D eigenvalue weighted by Crippen LogP contribution is -2.29. The molecule has 5 nitrogen and oxygen atoms in total. The van der Waals surface area contributed by atoms with Crippen LogP contribution in [-0.4, -0.2) is 28.1 Å². The van der Waals surface area contributed by atoms with E-state index in [1.54, 1.807) is 0 Å². The fourth-order valence-corrected chi connectivity index (χ4v) is 4.24. The minimum atomic E-state index is -0.456. The summed E-state index contributed by atoms with van der Waals surface area (Å²) in [5.74, 6) is 1.64. The molecule has 0 saturated heterocycles. The average molecular weight is 415 g/mol. The molecule has 30 heavy (non-hydrogen) atoms. The average Bonchev–Trinajstić information content (AvgIpc) is 3.07. The molecule has 0 fully saturated rings. The maximum absolute atomic E-state index is 9.22. The molecule has 0 aliphatic carbocycles. The van der Waals surface area contributed by atoms with E-state index in [9.17, 15) is 5.11 Å². The van der Waals surface area contributed by atoms with Crippen LogP contribution in [0.5, 0.6) is 11.5 Å². The molecule has 3 rings (SSSR count). The summed E-state index contributed by atoms with van der Waals surface area (Å²) >= 11 is 0. The summed E-state index contributed by atoms with van der Waals surface area (Å²) in [5.41, 5.74) is 3.71. The number of rotatable bonds is 10. The van der Waals surface area contributed by atoms with E-state index in [0.29, 0.717) is 13.0 Å². The van der Waals surface area contributed by atoms with Crippen LogP contribution >= 0.6 is 0 Å². The number of hydrogen-bond acceptors (Lipinski definition) is 4. The van der Waals surface area contributed by atoms with Gasteiger partial charge in [0.2, 0.25) is 0 Å². The molecule has 2 aromatic rings. The summed E-state index contributed by atoms with van der Waals surface area (Å²) in [6.07, 6.45) is 8.77. The summed E-state index contributed by atoms with van der Waals surface area (Å²) in [6, 6.07) is 4.35. The third-order valence-corrected chi connectivity index (χ3v) is 6.14. The number of aromatic nitrogens is 2. The van der Waals surface area contributed by atoms with Gasteiger partial charge in [-0.05, 0) is 43.4 Å². The molecule has 0 bridgehead atoms. The molecule has 1 aromatic heterocycles. The van der Waals surface area contributed by atoms with Gasteiger partial charge in [-0.1, -0.05) is 46.5 Å². The summed E-state index contributed by atoms with van der Waals surface area (Å²) < 4.78 is 14.5. The van der Waals surface area contributed by atoms with Gasteiger partial charge in [-0.3, -0.25) is 4.68 Å². The third kappa shape index (κ3) is 4.66. The molecule has 166 valence electrons. The molecule has 0 saturated carbocycles. The maximum Gasteiger partial charge on any atom is 0.134 e.